The maximum atomic E-state index is 12.3. The third-order valence-corrected chi connectivity index (χ3v) is 4.62. The number of hydrogen-bond acceptors (Lipinski definition) is 5. The number of carbonyl (C=O) groups is 2. The van der Waals surface area contributed by atoms with E-state index >= 15 is 0 Å². The van der Waals surface area contributed by atoms with Gasteiger partial charge in [0, 0.05) is 30.4 Å². The first kappa shape index (κ1) is 18.0. The molecule has 7 nitrogen and oxygen atoms in total. The SMILES string of the molecule is COC(=O)c1cc([C@@H]2CC(=O)Nc3c2c(C(C)(C)C)nn3C)ccc1O. The van der Waals surface area contributed by atoms with Gasteiger partial charge in [0.1, 0.15) is 17.1 Å². The van der Waals surface area contributed by atoms with Gasteiger partial charge in [-0.1, -0.05) is 26.8 Å². The largest absolute Gasteiger partial charge is 0.507 e. The van der Waals surface area contributed by atoms with Crippen molar-refractivity contribution in [3.63, 3.8) is 0 Å². The van der Waals surface area contributed by atoms with Gasteiger partial charge in [-0.05, 0) is 17.7 Å². The van der Waals surface area contributed by atoms with Crippen molar-refractivity contribution in [1.82, 2.24) is 9.78 Å². The molecule has 1 aromatic heterocycles. The van der Waals surface area contributed by atoms with Crippen LogP contribution in [0, 0.1) is 0 Å². The zero-order valence-corrected chi connectivity index (χ0v) is 15.6. The van der Waals surface area contributed by atoms with E-state index in [1.807, 2.05) is 0 Å². The van der Waals surface area contributed by atoms with Crippen LogP contribution in [0.5, 0.6) is 5.75 Å². The summed E-state index contributed by atoms with van der Waals surface area (Å²) in [4.78, 5) is 24.2. The van der Waals surface area contributed by atoms with E-state index in [0.29, 0.717) is 5.82 Å². The first-order chi connectivity index (χ1) is 12.1. The summed E-state index contributed by atoms with van der Waals surface area (Å²) in [6, 6.07) is 4.78. The lowest BCUT2D eigenvalue weighted by atomic mass is 9.79. The molecule has 0 unspecified atom stereocenters. The summed E-state index contributed by atoms with van der Waals surface area (Å²) in [6.45, 7) is 6.21. The van der Waals surface area contributed by atoms with E-state index in [9.17, 15) is 14.7 Å². The molecule has 2 heterocycles. The van der Waals surface area contributed by atoms with Crippen molar-refractivity contribution in [2.24, 2.45) is 7.05 Å². The predicted octanol–water partition coefficient (Wildman–Crippen LogP) is 2.68. The van der Waals surface area contributed by atoms with Crippen molar-refractivity contribution >= 4 is 17.7 Å². The van der Waals surface area contributed by atoms with Crippen LogP contribution in [0.25, 0.3) is 0 Å². The number of carbonyl (C=O) groups excluding carboxylic acids is 2. The highest BCUT2D eigenvalue weighted by Gasteiger charge is 2.36. The number of anilines is 1. The second-order valence-corrected chi connectivity index (χ2v) is 7.56. The lowest BCUT2D eigenvalue weighted by molar-refractivity contribution is -0.116. The summed E-state index contributed by atoms with van der Waals surface area (Å²) in [5.74, 6) is -0.469. The lowest BCUT2D eigenvalue weighted by Gasteiger charge is -2.27. The number of benzene rings is 1. The van der Waals surface area contributed by atoms with Crippen molar-refractivity contribution < 1.29 is 19.4 Å². The Labute approximate surface area is 152 Å². The van der Waals surface area contributed by atoms with E-state index in [4.69, 9.17) is 4.74 Å². The molecular weight excluding hydrogens is 334 g/mol. The average molecular weight is 357 g/mol. The predicted molar refractivity (Wildman–Crippen MR) is 96.4 cm³/mol. The van der Waals surface area contributed by atoms with Crippen LogP contribution in [0.1, 0.15) is 60.3 Å². The highest BCUT2D eigenvalue weighted by atomic mass is 16.5. The topological polar surface area (TPSA) is 93.5 Å². The number of nitrogens with zero attached hydrogens (tertiary/aromatic N) is 2. The van der Waals surface area contributed by atoms with Crippen LogP contribution in [0.3, 0.4) is 0 Å². The minimum Gasteiger partial charge on any atom is -0.507 e. The van der Waals surface area contributed by atoms with Crippen LogP contribution in [-0.2, 0) is 22.0 Å². The fraction of sp³-hybridized carbons (Fsp3) is 0.421. The maximum Gasteiger partial charge on any atom is 0.341 e. The Morgan fingerprint density at radius 2 is 2.08 bits per heavy atom. The summed E-state index contributed by atoms with van der Waals surface area (Å²) >= 11 is 0. The molecule has 3 rings (SSSR count). The summed E-state index contributed by atoms with van der Waals surface area (Å²) in [5, 5.41) is 17.5. The van der Waals surface area contributed by atoms with Crippen LogP contribution in [-0.4, -0.2) is 33.9 Å². The molecule has 1 atom stereocenters. The van der Waals surface area contributed by atoms with Crippen molar-refractivity contribution in [2.45, 2.75) is 38.5 Å². The summed E-state index contributed by atoms with van der Waals surface area (Å²) < 4.78 is 6.42. The monoisotopic (exact) mass is 357 g/mol. The number of rotatable bonds is 2. The maximum absolute atomic E-state index is 12.3. The molecule has 7 heteroatoms. The fourth-order valence-electron chi connectivity index (χ4n) is 3.37. The fourth-order valence-corrected chi connectivity index (χ4v) is 3.37. The van der Waals surface area contributed by atoms with Crippen molar-refractivity contribution in [1.29, 1.82) is 0 Å². The number of hydrogen-bond donors (Lipinski definition) is 2. The van der Waals surface area contributed by atoms with Gasteiger partial charge in [0.25, 0.3) is 0 Å². The first-order valence-corrected chi connectivity index (χ1v) is 8.42. The van der Waals surface area contributed by atoms with Gasteiger partial charge in [0.2, 0.25) is 5.91 Å². The highest BCUT2D eigenvalue weighted by Crippen LogP contribution is 2.43. The Bertz CT molecular complexity index is 893. The molecule has 2 aromatic rings. The molecule has 1 aromatic carbocycles. The summed E-state index contributed by atoms with van der Waals surface area (Å²) in [5.41, 5.74) is 2.47. The zero-order valence-electron chi connectivity index (χ0n) is 15.6. The number of fused-ring (bicyclic) bond motifs is 1. The third-order valence-electron chi connectivity index (χ3n) is 4.62. The molecule has 2 N–H and O–H groups in total. The summed E-state index contributed by atoms with van der Waals surface area (Å²) in [7, 11) is 3.06. The van der Waals surface area contributed by atoms with Gasteiger partial charge < -0.3 is 15.2 Å². The van der Waals surface area contributed by atoms with Gasteiger partial charge in [0.05, 0.1) is 12.8 Å². The molecule has 0 aliphatic carbocycles. The quantitative estimate of drug-likeness (QED) is 0.806. The van der Waals surface area contributed by atoms with E-state index < -0.39 is 5.97 Å². The molecule has 0 spiro atoms. The third kappa shape index (κ3) is 2.94. The van der Waals surface area contributed by atoms with Crippen LogP contribution >= 0.6 is 0 Å². The van der Waals surface area contributed by atoms with Gasteiger partial charge in [-0.15, -0.1) is 0 Å². The van der Waals surface area contributed by atoms with Crippen molar-refractivity contribution in [3.8, 4) is 5.75 Å². The van der Waals surface area contributed by atoms with Crippen LogP contribution < -0.4 is 5.32 Å². The number of ether oxygens (including phenoxy) is 1. The smallest absolute Gasteiger partial charge is 0.341 e. The number of esters is 1. The number of nitrogens with one attached hydrogen (secondary N) is 1. The van der Waals surface area contributed by atoms with Crippen molar-refractivity contribution in [2.75, 3.05) is 12.4 Å². The van der Waals surface area contributed by atoms with Gasteiger partial charge in [-0.2, -0.15) is 5.10 Å². The van der Waals surface area contributed by atoms with E-state index in [1.165, 1.54) is 13.2 Å². The number of amides is 1. The Morgan fingerprint density at radius 1 is 1.38 bits per heavy atom. The Balaban J connectivity index is 2.20. The average Bonchev–Trinajstić information content (AvgIpc) is 2.91. The van der Waals surface area contributed by atoms with E-state index in [-0.39, 0.29) is 35.0 Å². The first-order valence-electron chi connectivity index (χ1n) is 8.42. The molecule has 1 aliphatic rings. The highest BCUT2D eigenvalue weighted by molar-refractivity contribution is 5.95. The lowest BCUT2D eigenvalue weighted by Crippen LogP contribution is -2.26. The zero-order chi connectivity index (χ0) is 19.2. The second-order valence-electron chi connectivity index (χ2n) is 7.56. The standard InChI is InChI=1S/C19H23N3O4/c1-19(2,3)16-15-11(9-14(24)20-17(15)22(4)21-16)10-6-7-13(23)12(8-10)18(25)26-5/h6-8,11,23H,9H2,1-5H3,(H,20,24)/t11-/m0/s1. The van der Waals surface area contributed by atoms with Crippen LogP contribution in [0.2, 0.25) is 0 Å². The Kier molecular flexibility index (Phi) is 4.26. The molecule has 1 aliphatic heterocycles. The number of aryl methyl sites for hydroxylation is 1. The normalized spacial score (nSPS) is 16.8. The molecular formula is C19H23N3O4. The Hall–Kier alpha value is -2.83. The van der Waals surface area contributed by atoms with Crippen LogP contribution in [0.15, 0.2) is 18.2 Å². The molecule has 1 amide bonds. The number of phenolic OH excluding ortho intramolecular Hbond substituents is 1. The van der Waals surface area contributed by atoms with Gasteiger partial charge in [-0.3, -0.25) is 9.48 Å². The molecule has 0 bridgehead atoms. The number of methoxy groups -OCH3 is 1. The molecule has 0 saturated carbocycles. The molecule has 26 heavy (non-hydrogen) atoms. The van der Waals surface area contributed by atoms with Gasteiger partial charge in [-0.25, -0.2) is 4.79 Å². The molecule has 0 fully saturated rings. The summed E-state index contributed by atoms with van der Waals surface area (Å²) in [6.07, 6.45) is 0.243. The molecule has 0 radical (unpaired) electrons. The van der Waals surface area contributed by atoms with E-state index in [1.54, 1.807) is 23.9 Å². The Morgan fingerprint density at radius 3 is 2.69 bits per heavy atom. The molecule has 138 valence electrons. The van der Waals surface area contributed by atoms with E-state index in [2.05, 4.69) is 31.2 Å². The van der Waals surface area contributed by atoms with E-state index in [0.717, 1.165) is 16.8 Å². The van der Waals surface area contributed by atoms with Gasteiger partial charge in [0.15, 0.2) is 0 Å². The van der Waals surface area contributed by atoms with Crippen LogP contribution in [0.4, 0.5) is 5.82 Å². The number of aromatic hydroxyl groups is 1. The van der Waals surface area contributed by atoms with Gasteiger partial charge >= 0.3 is 5.97 Å². The number of aromatic nitrogens is 2. The second kappa shape index (κ2) is 6.16. The minimum atomic E-state index is -0.618. The minimum absolute atomic E-state index is 0.0822. The number of phenols is 1. The van der Waals surface area contributed by atoms with Crippen molar-refractivity contribution in [3.05, 3.63) is 40.6 Å². The molecule has 0 saturated heterocycles.